The van der Waals surface area contributed by atoms with E-state index in [-0.39, 0.29) is 0 Å². The summed E-state index contributed by atoms with van der Waals surface area (Å²) in [6.45, 7) is 0. The molecule has 0 amide bonds. The monoisotopic (exact) mass is 192 g/mol. The number of hydrogen-bond acceptors (Lipinski definition) is 0. The Morgan fingerprint density at radius 2 is 1.85 bits per heavy atom. The maximum absolute atomic E-state index is 5.55. The Kier molecular flexibility index (Phi) is 5.13. The standard InChI is InChI=1S/C12H13Cl/c13-11-7-2-1-4-8-12-9-5-3-6-10-12/h3,5-6,9-10H,1-2,7,11H2. The lowest BCUT2D eigenvalue weighted by Crippen LogP contribution is -1.75. The summed E-state index contributed by atoms with van der Waals surface area (Å²) in [7, 11) is 0. The lowest BCUT2D eigenvalue weighted by molar-refractivity contribution is 0.833. The maximum atomic E-state index is 5.55. The topological polar surface area (TPSA) is 0 Å². The Hall–Kier alpha value is -0.930. The van der Waals surface area contributed by atoms with Crippen molar-refractivity contribution in [1.29, 1.82) is 0 Å². The molecular formula is C12H13Cl. The third-order valence-corrected chi connectivity index (χ3v) is 1.96. The largest absolute Gasteiger partial charge is 0.127 e. The van der Waals surface area contributed by atoms with Crippen molar-refractivity contribution < 1.29 is 0 Å². The predicted octanol–water partition coefficient (Wildman–Crippen LogP) is 3.45. The van der Waals surface area contributed by atoms with Crippen LogP contribution in [-0.4, -0.2) is 5.88 Å². The van der Waals surface area contributed by atoms with Crippen molar-refractivity contribution in [3.63, 3.8) is 0 Å². The van der Waals surface area contributed by atoms with Crippen molar-refractivity contribution in [2.45, 2.75) is 19.3 Å². The molecule has 0 bridgehead atoms. The van der Waals surface area contributed by atoms with Crippen molar-refractivity contribution >= 4 is 11.6 Å². The zero-order valence-corrected chi connectivity index (χ0v) is 8.35. The van der Waals surface area contributed by atoms with Gasteiger partial charge in [-0.3, -0.25) is 0 Å². The number of benzene rings is 1. The van der Waals surface area contributed by atoms with E-state index in [2.05, 4.69) is 11.8 Å². The zero-order chi connectivity index (χ0) is 9.36. The molecule has 0 saturated carbocycles. The molecule has 0 radical (unpaired) electrons. The quantitative estimate of drug-likeness (QED) is 0.391. The van der Waals surface area contributed by atoms with Crippen molar-refractivity contribution in [1.82, 2.24) is 0 Å². The van der Waals surface area contributed by atoms with E-state index in [0.717, 1.165) is 30.7 Å². The van der Waals surface area contributed by atoms with Gasteiger partial charge in [-0.2, -0.15) is 0 Å². The highest BCUT2D eigenvalue weighted by molar-refractivity contribution is 6.17. The fourth-order valence-electron chi connectivity index (χ4n) is 0.994. The Morgan fingerprint density at radius 1 is 1.08 bits per heavy atom. The molecule has 1 aromatic rings. The molecular weight excluding hydrogens is 180 g/mol. The molecule has 0 aliphatic rings. The molecule has 0 N–H and O–H groups in total. The normalized spacial score (nSPS) is 9.00. The van der Waals surface area contributed by atoms with E-state index in [1.165, 1.54) is 0 Å². The van der Waals surface area contributed by atoms with Gasteiger partial charge in [0.05, 0.1) is 0 Å². The molecule has 0 aliphatic carbocycles. The summed E-state index contributed by atoms with van der Waals surface area (Å²) in [4.78, 5) is 0. The van der Waals surface area contributed by atoms with Crippen molar-refractivity contribution in [2.75, 3.05) is 5.88 Å². The minimum Gasteiger partial charge on any atom is -0.127 e. The fourth-order valence-corrected chi connectivity index (χ4v) is 1.18. The minimum absolute atomic E-state index is 0.743. The Labute approximate surface area is 84.9 Å². The number of rotatable bonds is 3. The van der Waals surface area contributed by atoms with Crippen LogP contribution < -0.4 is 0 Å². The Balaban J connectivity index is 2.31. The van der Waals surface area contributed by atoms with Crippen LogP contribution in [0.15, 0.2) is 30.3 Å². The highest BCUT2D eigenvalue weighted by atomic mass is 35.5. The van der Waals surface area contributed by atoms with Crippen molar-refractivity contribution in [3.05, 3.63) is 35.9 Å². The van der Waals surface area contributed by atoms with Gasteiger partial charge in [0, 0.05) is 17.9 Å². The van der Waals surface area contributed by atoms with Crippen LogP contribution in [-0.2, 0) is 0 Å². The van der Waals surface area contributed by atoms with Gasteiger partial charge in [-0.1, -0.05) is 30.0 Å². The Morgan fingerprint density at radius 3 is 2.54 bits per heavy atom. The Bertz CT molecular complexity index is 279. The fraction of sp³-hybridized carbons (Fsp3) is 0.333. The molecule has 0 saturated heterocycles. The van der Waals surface area contributed by atoms with Crippen LogP contribution in [0.2, 0.25) is 0 Å². The van der Waals surface area contributed by atoms with Gasteiger partial charge in [-0.25, -0.2) is 0 Å². The molecule has 0 fully saturated rings. The van der Waals surface area contributed by atoms with E-state index in [1.807, 2.05) is 30.3 Å². The van der Waals surface area contributed by atoms with Gasteiger partial charge in [-0.15, -0.1) is 11.6 Å². The second-order valence-corrected chi connectivity index (χ2v) is 3.19. The van der Waals surface area contributed by atoms with Crippen LogP contribution in [0.5, 0.6) is 0 Å². The van der Waals surface area contributed by atoms with Crippen LogP contribution in [0.4, 0.5) is 0 Å². The zero-order valence-electron chi connectivity index (χ0n) is 7.59. The first-order valence-electron chi connectivity index (χ1n) is 4.53. The molecule has 0 spiro atoms. The SMILES string of the molecule is ClCCCCC#Cc1ccccc1. The van der Waals surface area contributed by atoms with Crippen LogP contribution in [0.25, 0.3) is 0 Å². The number of alkyl halides is 1. The van der Waals surface area contributed by atoms with Gasteiger partial charge < -0.3 is 0 Å². The lowest BCUT2D eigenvalue weighted by atomic mass is 10.2. The molecule has 1 aromatic carbocycles. The van der Waals surface area contributed by atoms with E-state index in [4.69, 9.17) is 11.6 Å². The summed E-state index contributed by atoms with van der Waals surface area (Å²) in [5.41, 5.74) is 1.09. The predicted molar refractivity (Wildman–Crippen MR) is 57.9 cm³/mol. The molecule has 0 aromatic heterocycles. The van der Waals surface area contributed by atoms with E-state index in [1.54, 1.807) is 0 Å². The van der Waals surface area contributed by atoms with Gasteiger partial charge in [0.25, 0.3) is 0 Å². The van der Waals surface area contributed by atoms with Crippen LogP contribution in [0, 0.1) is 11.8 Å². The highest BCUT2D eigenvalue weighted by Gasteiger charge is 1.83. The molecule has 13 heavy (non-hydrogen) atoms. The third kappa shape index (κ3) is 4.60. The third-order valence-electron chi connectivity index (χ3n) is 1.69. The summed E-state index contributed by atoms with van der Waals surface area (Å²) in [5.74, 6) is 6.98. The minimum atomic E-state index is 0.743. The van der Waals surface area contributed by atoms with E-state index in [9.17, 15) is 0 Å². The second-order valence-electron chi connectivity index (χ2n) is 2.81. The van der Waals surface area contributed by atoms with Crippen molar-refractivity contribution in [3.8, 4) is 11.8 Å². The molecule has 68 valence electrons. The average molecular weight is 193 g/mol. The van der Waals surface area contributed by atoms with Gasteiger partial charge in [0.15, 0.2) is 0 Å². The van der Waals surface area contributed by atoms with E-state index < -0.39 is 0 Å². The molecule has 1 rings (SSSR count). The summed E-state index contributed by atoms with van der Waals surface area (Å²) in [6, 6.07) is 10.0. The van der Waals surface area contributed by atoms with Gasteiger partial charge in [-0.05, 0) is 25.0 Å². The first-order valence-corrected chi connectivity index (χ1v) is 5.07. The van der Waals surface area contributed by atoms with Crippen LogP contribution >= 0.6 is 11.6 Å². The average Bonchev–Trinajstić information content (AvgIpc) is 2.19. The summed E-state index contributed by atoms with van der Waals surface area (Å²) >= 11 is 5.55. The van der Waals surface area contributed by atoms with E-state index >= 15 is 0 Å². The summed E-state index contributed by atoms with van der Waals surface area (Å²) < 4.78 is 0. The van der Waals surface area contributed by atoms with Crippen LogP contribution in [0.3, 0.4) is 0 Å². The highest BCUT2D eigenvalue weighted by Crippen LogP contribution is 1.98. The molecule has 0 atom stereocenters. The second kappa shape index (κ2) is 6.57. The summed E-state index contributed by atoms with van der Waals surface area (Å²) in [6.07, 6.45) is 3.11. The maximum Gasteiger partial charge on any atom is 0.0245 e. The number of halogens is 1. The molecule has 0 unspecified atom stereocenters. The van der Waals surface area contributed by atoms with E-state index in [0.29, 0.717) is 0 Å². The number of hydrogen-bond donors (Lipinski definition) is 0. The summed E-state index contributed by atoms with van der Waals surface area (Å²) in [5, 5.41) is 0. The lowest BCUT2D eigenvalue weighted by Gasteiger charge is -1.88. The molecule has 0 heterocycles. The molecule has 1 heteroatoms. The van der Waals surface area contributed by atoms with Crippen molar-refractivity contribution in [2.24, 2.45) is 0 Å². The first-order chi connectivity index (χ1) is 6.43. The van der Waals surface area contributed by atoms with Crippen LogP contribution in [0.1, 0.15) is 24.8 Å². The molecule has 0 aliphatic heterocycles. The smallest absolute Gasteiger partial charge is 0.0245 e. The number of unbranched alkanes of at least 4 members (excludes halogenated alkanes) is 2. The van der Waals surface area contributed by atoms with Gasteiger partial charge in [0.2, 0.25) is 0 Å². The van der Waals surface area contributed by atoms with Gasteiger partial charge in [0.1, 0.15) is 0 Å². The first kappa shape index (κ1) is 10.2. The molecule has 0 nitrogen and oxygen atoms in total. The van der Waals surface area contributed by atoms with Gasteiger partial charge >= 0.3 is 0 Å².